The van der Waals surface area contributed by atoms with E-state index < -0.39 is 242 Å². The van der Waals surface area contributed by atoms with Gasteiger partial charge in [-0.05, 0) is 123 Å². The molecule has 5 nitrogen and oxygen atoms in total. The number of benzene rings is 11. The van der Waals surface area contributed by atoms with Crippen molar-refractivity contribution in [2.75, 3.05) is 0 Å². The molecule has 0 amide bonds. The van der Waals surface area contributed by atoms with Gasteiger partial charge in [0.2, 0.25) is 0 Å². The number of hydrogen-bond acceptors (Lipinski definition) is 2. The number of hydrogen-bond donors (Lipinski definition) is 0. The van der Waals surface area contributed by atoms with Crippen LogP contribution in [0.15, 0.2) is 279 Å². The number of ether oxygens (including phenoxy) is 1. The third-order valence-corrected chi connectivity index (χ3v) is 19.1. The van der Waals surface area contributed by atoms with Crippen LogP contribution in [0.2, 0.25) is 0 Å². The van der Waals surface area contributed by atoms with Crippen LogP contribution in [0.25, 0.3) is 83.4 Å². The molecule has 7 heteroatoms. The number of imidazole rings is 1. The minimum Gasteiger partial charge on any atom is -0.510 e. The van der Waals surface area contributed by atoms with Crippen molar-refractivity contribution in [3.8, 4) is 62.1 Å². The van der Waals surface area contributed by atoms with E-state index in [0.29, 0.717) is 11.3 Å². The molecule has 3 heterocycles. The van der Waals surface area contributed by atoms with Crippen molar-refractivity contribution in [1.29, 1.82) is 0 Å². The largest absolute Gasteiger partial charge is 0.510 e. The molecule has 0 aliphatic heterocycles. The molecule has 0 saturated heterocycles. The Balaban J connectivity index is 0.0000115. The van der Waals surface area contributed by atoms with E-state index in [4.69, 9.17) is 22.1 Å². The van der Waals surface area contributed by atoms with Crippen LogP contribution in [-0.4, -0.2) is 22.2 Å². The van der Waals surface area contributed by atoms with Crippen LogP contribution in [0, 0.1) is 18.5 Å². The Bertz CT molecular complexity index is 6160. The Hall–Kier alpha value is -9.45. The zero-order valence-electron chi connectivity index (χ0n) is 75.4. The van der Waals surface area contributed by atoms with Crippen molar-refractivity contribution in [1.82, 2.24) is 14.1 Å². The Morgan fingerprint density at radius 1 is 0.494 bits per heavy atom. The molecule has 0 radical (unpaired) electrons. The second-order valence-corrected chi connectivity index (χ2v) is 25.8. The summed E-state index contributed by atoms with van der Waals surface area (Å²) < 4.78 is 281. The van der Waals surface area contributed by atoms with Gasteiger partial charge in [0.25, 0.3) is 6.33 Å². The number of nitrogens with zero attached hydrogens (tertiary/aromatic N) is 4. The van der Waals surface area contributed by atoms with Crippen LogP contribution < -0.4 is 30.1 Å². The van der Waals surface area contributed by atoms with Crippen LogP contribution in [0.1, 0.15) is 91.1 Å². The molecule has 0 saturated carbocycles. The van der Waals surface area contributed by atoms with E-state index in [1.807, 2.05) is 47.0 Å². The fourth-order valence-electron chi connectivity index (χ4n) is 10.8. The van der Waals surface area contributed by atoms with Gasteiger partial charge in [0.05, 0.1) is 55.1 Å². The summed E-state index contributed by atoms with van der Waals surface area (Å²) in [5, 5.41) is -1.75. The fraction of sp³-hybridized carbons (Fsp3) is 0.100. The molecule has 0 unspecified atom stereocenters. The summed E-state index contributed by atoms with van der Waals surface area (Å²) >= 11 is 0. The summed E-state index contributed by atoms with van der Waals surface area (Å²) in [6.07, 6.45) is 5.11. The summed E-state index contributed by atoms with van der Waals surface area (Å²) in [7, 11) is -6.49. The molecule has 0 aliphatic carbocycles. The number of para-hydroxylation sites is 3. The van der Waals surface area contributed by atoms with Crippen LogP contribution >= 0.6 is 0 Å². The number of rotatable bonds is 12. The van der Waals surface area contributed by atoms with Gasteiger partial charge < -0.3 is 13.9 Å². The SMILES string of the molecule is [2H]c1c([2H])c([2H])c(-c2c([2H])c(-c3cc(C(C)(C)C)cc([Si](c4c([2H])c([2H])c([2H])c([2H])c4[2H])(c4c([2H])c([2H])c([2H])c([2H])c4[2H])c4c([2H])c([2H])c([2H])c([2H])c4[2H])c3-[n+]3[c-]n(-c4[c-]c(Oc5[c-]c6c(cc5)c5ccccc5n6-c5cc(C(C)(C)C)ccn5)ccc4)c4ccccc43)c([2H])c(-c3c([2H])c([2H])c([2H])c([2H])c3[2H])c2[2H])c([2H])c1[2H].[Pt]. The molecule has 11 aromatic carbocycles. The fourth-order valence-corrected chi connectivity index (χ4v) is 14.8. The van der Waals surface area contributed by atoms with Crippen LogP contribution in [-0.2, 0) is 31.9 Å². The van der Waals surface area contributed by atoms with Crippen molar-refractivity contribution in [2.45, 2.75) is 52.4 Å². The molecule has 0 atom stereocenters. The molecule has 426 valence electrons. The Morgan fingerprint density at radius 3 is 1.63 bits per heavy atom. The molecule has 0 spiro atoms. The van der Waals surface area contributed by atoms with Gasteiger partial charge in [0.15, 0.2) is 8.07 Å². The summed E-state index contributed by atoms with van der Waals surface area (Å²) in [6.45, 7) is 11.2. The zero-order valence-corrected chi connectivity index (χ0v) is 50.7. The molecule has 14 aromatic rings. The van der Waals surface area contributed by atoms with Crippen LogP contribution in [0.3, 0.4) is 0 Å². The van der Waals surface area contributed by atoms with Gasteiger partial charge in [-0.15, -0.1) is 29.7 Å². The second kappa shape index (κ2) is 23.1. The number of aromatic nitrogens is 4. The molecule has 0 N–H and O–H groups in total. The van der Waals surface area contributed by atoms with Gasteiger partial charge in [0.1, 0.15) is 5.82 Å². The van der Waals surface area contributed by atoms with Gasteiger partial charge in [-0.25, -0.2) is 4.98 Å². The van der Waals surface area contributed by atoms with Crippen LogP contribution in [0.5, 0.6) is 11.5 Å². The van der Waals surface area contributed by atoms with Gasteiger partial charge in [0, 0.05) is 44.3 Å². The smallest absolute Gasteiger partial charge is 0.268 e. The first kappa shape index (κ1) is 32.9. The van der Waals surface area contributed by atoms with Crippen molar-refractivity contribution in [3.63, 3.8) is 0 Å². The zero-order chi connectivity index (χ0) is 82.9. The van der Waals surface area contributed by atoms with Crippen molar-refractivity contribution < 1.29 is 68.8 Å². The molecule has 0 bridgehead atoms. The Morgan fingerprint density at radius 2 is 1.03 bits per heavy atom. The quantitative estimate of drug-likeness (QED) is 0.0529. The maximum Gasteiger partial charge on any atom is 0.268 e. The average molecular weight is 1350 g/mol. The van der Waals surface area contributed by atoms with Gasteiger partial charge in [-0.2, -0.15) is 18.2 Å². The van der Waals surface area contributed by atoms with E-state index >= 15 is 0 Å². The molecule has 14 rings (SSSR count). The predicted molar refractivity (Wildman–Crippen MR) is 357 cm³/mol. The van der Waals surface area contributed by atoms with Crippen molar-refractivity contribution >= 4 is 61.7 Å². The van der Waals surface area contributed by atoms with Gasteiger partial charge >= 0.3 is 0 Å². The number of pyridine rings is 1. The summed E-state index contributed by atoms with van der Waals surface area (Å²) in [5.74, 6) is 0.909. The van der Waals surface area contributed by atoms with Gasteiger partial charge in [-0.1, -0.05) is 253 Å². The molecular weight excluding hydrogens is 1260 g/mol. The van der Waals surface area contributed by atoms with Crippen LogP contribution in [0.4, 0.5) is 0 Å². The van der Waals surface area contributed by atoms with E-state index in [1.165, 1.54) is 27.3 Å². The summed E-state index contributed by atoms with van der Waals surface area (Å²) in [6, 6.07) is 6.14. The Labute approximate surface area is 565 Å². The van der Waals surface area contributed by atoms with E-state index in [2.05, 4.69) is 39.2 Å². The van der Waals surface area contributed by atoms with Crippen molar-refractivity contribution in [3.05, 3.63) is 308 Å². The van der Waals surface area contributed by atoms with E-state index in [0.717, 1.165) is 21.9 Å². The Kier molecular flexibility index (Phi) is 8.73. The monoisotopic (exact) mass is 1350 g/mol. The third kappa shape index (κ3) is 10.5. The molecule has 3 aromatic heterocycles. The first-order valence-corrected chi connectivity index (χ1v) is 29.3. The number of fused-ring (bicyclic) bond motifs is 4. The van der Waals surface area contributed by atoms with Gasteiger partial charge in [-0.3, -0.25) is 4.57 Å². The normalized spacial score (nSPS) is 16.4. The predicted octanol–water partition coefficient (Wildman–Crippen LogP) is 16.6. The summed E-state index contributed by atoms with van der Waals surface area (Å²) in [5.41, 5.74) is -4.29. The maximum atomic E-state index is 10.8. The minimum absolute atomic E-state index is 0. The molecular formula is C80H64N4OPtSi-2. The van der Waals surface area contributed by atoms with E-state index in [1.54, 1.807) is 69.4 Å². The van der Waals surface area contributed by atoms with E-state index in [-0.39, 0.29) is 60.3 Å². The topological polar surface area (TPSA) is 35.9 Å². The first-order valence-electron chi connectivity index (χ1n) is 41.3. The molecule has 87 heavy (non-hydrogen) atoms. The average Bonchev–Trinajstić information content (AvgIpc) is 0.992. The minimum atomic E-state index is -6.49. The van der Waals surface area contributed by atoms with E-state index in [9.17, 15) is 26.0 Å². The molecule has 0 aliphatic rings. The summed E-state index contributed by atoms with van der Waals surface area (Å²) in [4.78, 5) is 4.82. The maximum absolute atomic E-state index is 10.8. The standard InChI is InChI=1S/C80H64N4OSi.Pt/c1-79(2,3)61-45-46-81-77(52-61)84-72-40-23-22-39-69(72)70-44-43-65(54-75(70)84)85-64-32-26-31-63(53-64)82-55-83(74-42-25-24-41-73(74)82)78-71(60-48-58(56-27-12-7-13-28-56)47-59(49-60)57-29-14-8-15-30-57)50-62(80(4,5)6)51-76(78)86(66-33-16-9-17-34-66,67-35-18-10-19-36-67)68-37-20-11-21-38-68;/h7-52H,1-6H3;/q-2;/i7D,8D,9D,10D,11D,12D,13D,14D,15D,16D,17D,18D,19D,20D,21D,27D,28D,29D,30D,33D,34D,35D,36D,37D,38D,47D,48D,49D;. The van der Waals surface area contributed by atoms with Crippen molar-refractivity contribution in [2.24, 2.45) is 0 Å². The second-order valence-electron chi connectivity index (χ2n) is 22.3. The third-order valence-electron chi connectivity index (χ3n) is 14.9. The molecule has 0 fully saturated rings. The first-order chi connectivity index (χ1) is 53.5.